The van der Waals surface area contributed by atoms with Crippen LogP contribution in [0.3, 0.4) is 0 Å². The van der Waals surface area contributed by atoms with Gasteiger partial charge in [-0.05, 0) is 20.9 Å². The molecule has 1 rings (SSSR count). The summed E-state index contributed by atoms with van der Waals surface area (Å²) in [6, 6.07) is 2.33. The van der Waals surface area contributed by atoms with E-state index in [2.05, 4.69) is 31.0 Å². The van der Waals surface area contributed by atoms with Crippen molar-refractivity contribution in [2.24, 2.45) is 0 Å². The van der Waals surface area contributed by atoms with Crippen LogP contribution in [0.25, 0.3) is 0 Å². The van der Waals surface area contributed by atoms with Crippen LogP contribution in [0.15, 0.2) is 10.6 Å². The fraction of sp³-hybridized carbons (Fsp3) is 0.667. The first kappa shape index (κ1) is 10.1. The van der Waals surface area contributed by atoms with E-state index in [0.717, 1.165) is 18.7 Å². The maximum atomic E-state index is 5.43. The lowest BCUT2D eigenvalue weighted by Crippen LogP contribution is -2.28. The molecule has 0 spiro atoms. The van der Waals surface area contributed by atoms with Crippen LogP contribution in [-0.4, -0.2) is 29.7 Å². The normalized spacial score (nSPS) is 11.5. The van der Waals surface area contributed by atoms with Crippen LogP contribution in [-0.2, 0) is 6.42 Å². The Morgan fingerprint density at radius 2 is 2.31 bits per heavy atom. The quantitative estimate of drug-likeness (QED) is 0.760. The van der Waals surface area contributed by atoms with Gasteiger partial charge in [0.05, 0.1) is 0 Å². The molecule has 1 aromatic heterocycles. The van der Waals surface area contributed by atoms with Crippen molar-refractivity contribution in [2.75, 3.05) is 19.3 Å². The zero-order valence-corrected chi connectivity index (χ0v) is 8.45. The second-order valence-corrected chi connectivity index (χ2v) is 3.54. The maximum absolute atomic E-state index is 5.43. The van der Waals surface area contributed by atoms with Crippen molar-refractivity contribution in [1.29, 1.82) is 0 Å². The van der Waals surface area contributed by atoms with Crippen LogP contribution in [0, 0.1) is 0 Å². The van der Waals surface area contributed by atoms with E-state index < -0.39 is 0 Å². The molecule has 74 valence electrons. The molecule has 0 aromatic carbocycles. The van der Waals surface area contributed by atoms with E-state index in [1.807, 2.05) is 0 Å². The van der Waals surface area contributed by atoms with Crippen LogP contribution >= 0.6 is 0 Å². The van der Waals surface area contributed by atoms with E-state index in [0.29, 0.717) is 11.9 Å². The van der Waals surface area contributed by atoms with E-state index in [1.165, 1.54) is 0 Å². The van der Waals surface area contributed by atoms with Crippen LogP contribution in [0.4, 0.5) is 5.82 Å². The number of anilines is 1. The lowest BCUT2D eigenvalue weighted by molar-refractivity contribution is 0.265. The minimum atomic E-state index is 0.460. The van der Waals surface area contributed by atoms with E-state index in [4.69, 9.17) is 10.3 Å². The summed E-state index contributed by atoms with van der Waals surface area (Å²) in [5, 5.41) is 3.62. The monoisotopic (exact) mass is 183 g/mol. The summed E-state index contributed by atoms with van der Waals surface area (Å²) in [5.74, 6) is 1.31. The summed E-state index contributed by atoms with van der Waals surface area (Å²) in [6.45, 7) is 5.29. The van der Waals surface area contributed by atoms with Gasteiger partial charge in [0.15, 0.2) is 5.82 Å². The smallest absolute Gasteiger partial charge is 0.167 e. The standard InChI is InChI=1S/C9H17N3O/c1-7(2)12(3)5-4-8-6-9(10)11-13-8/h6-7H,4-5H2,1-3H3,(H2,10,11). The average Bonchev–Trinajstić information content (AvgIpc) is 2.47. The molecule has 0 bridgehead atoms. The van der Waals surface area contributed by atoms with E-state index in [1.54, 1.807) is 6.07 Å². The zero-order valence-electron chi connectivity index (χ0n) is 8.45. The van der Waals surface area contributed by atoms with Crippen LogP contribution in [0.1, 0.15) is 19.6 Å². The molecule has 13 heavy (non-hydrogen) atoms. The SMILES string of the molecule is CC(C)N(C)CCc1cc(N)no1. The van der Waals surface area contributed by atoms with Crippen molar-refractivity contribution < 1.29 is 4.52 Å². The fourth-order valence-electron chi connectivity index (χ4n) is 0.992. The molecule has 0 unspecified atom stereocenters. The van der Waals surface area contributed by atoms with Crippen LogP contribution < -0.4 is 5.73 Å². The molecule has 0 aliphatic rings. The van der Waals surface area contributed by atoms with E-state index >= 15 is 0 Å². The van der Waals surface area contributed by atoms with Gasteiger partial charge in [0.1, 0.15) is 5.76 Å². The van der Waals surface area contributed by atoms with Crippen molar-refractivity contribution in [3.05, 3.63) is 11.8 Å². The number of likely N-dealkylation sites (N-methyl/N-ethyl adjacent to an activating group) is 1. The number of hydrogen-bond acceptors (Lipinski definition) is 4. The number of nitrogens with zero attached hydrogens (tertiary/aromatic N) is 2. The maximum Gasteiger partial charge on any atom is 0.167 e. The first-order valence-electron chi connectivity index (χ1n) is 4.51. The predicted molar refractivity (Wildman–Crippen MR) is 52.4 cm³/mol. The molecule has 0 saturated carbocycles. The third-order valence-corrected chi connectivity index (χ3v) is 2.17. The number of rotatable bonds is 4. The Morgan fingerprint density at radius 3 is 2.77 bits per heavy atom. The third kappa shape index (κ3) is 3.06. The van der Waals surface area contributed by atoms with Gasteiger partial charge in [0.25, 0.3) is 0 Å². The molecule has 4 heteroatoms. The molecule has 0 saturated heterocycles. The summed E-state index contributed by atoms with van der Waals surface area (Å²) >= 11 is 0. The van der Waals surface area contributed by atoms with Gasteiger partial charge in [0, 0.05) is 25.1 Å². The van der Waals surface area contributed by atoms with E-state index in [-0.39, 0.29) is 0 Å². The Labute approximate surface area is 78.7 Å². The molecule has 0 radical (unpaired) electrons. The third-order valence-electron chi connectivity index (χ3n) is 2.17. The summed E-state index contributed by atoms with van der Waals surface area (Å²) in [5.41, 5.74) is 5.43. The lowest BCUT2D eigenvalue weighted by Gasteiger charge is -2.19. The number of hydrogen-bond donors (Lipinski definition) is 1. The van der Waals surface area contributed by atoms with Crippen molar-refractivity contribution in [1.82, 2.24) is 10.1 Å². The van der Waals surface area contributed by atoms with Crippen LogP contribution in [0.2, 0.25) is 0 Å². The molecule has 0 atom stereocenters. The molecular weight excluding hydrogens is 166 g/mol. The Morgan fingerprint density at radius 1 is 1.62 bits per heavy atom. The summed E-state index contributed by atoms with van der Waals surface area (Å²) in [6.07, 6.45) is 0.860. The minimum absolute atomic E-state index is 0.460. The lowest BCUT2D eigenvalue weighted by atomic mass is 10.2. The van der Waals surface area contributed by atoms with Gasteiger partial charge >= 0.3 is 0 Å². The van der Waals surface area contributed by atoms with Crippen molar-refractivity contribution >= 4 is 5.82 Å². The Bertz CT molecular complexity index is 257. The van der Waals surface area contributed by atoms with Gasteiger partial charge in [-0.2, -0.15) is 0 Å². The highest BCUT2D eigenvalue weighted by molar-refractivity contribution is 5.26. The Kier molecular flexibility index (Phi) is 3.31. The molecule has 4 nitrogen and oxygen atoms in total. The summed E-state index contributed by atoms with van der Waals surface area (Å²) < 4.78 is 4.99. The minimum Gasteiger partial charge on any atom is -0.381 e. The fourth-order valence-corrected chi connectivity index (χ4v) is 0.992. The van der Waals surface area contributed by atoms with Gasteiger partial charge < -0.3 is 15.2 Å². The zero-order chi connectivity index (χ0) is 9.84. The van der Waals surface area contributed by atoms with Gasteiger partial charge in [-0.15, -0.1) is 0 Å². The highest BCUT2D eigenvalue weighted by Crippen LogP contribution is 2.06. The van der Waals surface area contributed by atoms with E-state index in [9.17, 15) is 0 Å². The molecule has 0 aliphatic heterocycles. The Balaban J connectivity index is 2.35. The largest absolute Gasteiger partial charge is 0.381 e. The summed E-state index contributed by atoms with van der Waals surface area (Å²) in [7, 11) is 2.09. The summed E-state index contributed by atoms with van der Waals surface area (Å²) in [4.78, 5) is 2.25. The van der Waals surface area contributed by atoms with Crippen molar-refractivity contribution in [2.45, 2.75) is 26.3 Å². The topological polar surface area (TPSA) is 55.3 Å². The predicted octanol–water partition coefficient (Wildman–Crippen LogP) is 1.14. The number of aromatic nitrogens is 1. The first-order chi connectivity index (χ1) is 6.09. The number of nitrogen functional groups attached to an aromatic ring is 1. The molecule has 0 aliphatic carbocycles. The van der Waals surface area contributed by atoms with Gasteiger partial charge in [-0.3, -0.25) is 0 Å². The molecule has 1 heterocycles. The molecular formula is C9H17N3O. The molecule has 0 fully saturated rings. The van der Waals surface area contributed by atoms with Gasteiger partial charge in [0.2, 0.25) is 0 Å². The second-order valence-electron chi connectivity index (χ2n) is 3.54. The van der Waals surface area contributed by atoms with Crippen LogP contribution in [0.5, 0.6) is 0 Å². The second kappa shape index (κ2) is 4.28. The molecule has 0 amide bonds. The van der Waals surface area contributed by atoms with Crippen molar-refractivity contribution in [3.63, 3.8) is 0 Å². The van der Waals surface area contributed by atoms with Gasteiger partial charge in [-0.25, -0.2) is 0 Å². The average molecular weight is 183 g/mol. The highest BCUT2D eigenvalue weighted by Gasteiger charge is 2.05. The molecule has 1 aromatic rings. The van der Waals surface area contributed by atoms with Gasteiger partial charge in [-0.1, -0.05) is 5.16 Å². The highest BCUT2D eigenvalue weighted by atomic mass is 16.5. The molecule has 2 N–H and O–H groups in total. The number of nitrogens with two attached hydrogens (primary N) is 1. The first-order valence-corrected chi connectivity index (χ1v) is 4.51. The van der Waals surface area contributed by atoms with Crippen molar-refractivity contribution in [3.8, 4) is 0 Å². The Hall–Kier alpha value is -1.03.